The molecule has 0 aliphatic rings. The molecule has 1 heterocycles. The third-order valence-electron chi connectivity index (χ3n) is 2.42. The molecule has 2 N–H and O–H groups in total. The lowest BCUT2D eigenvalue weighted by molar-refractivity contribution is 0.416. The summed E-state index contributed by atoms with van der Waals surface area (Å²) >= 11 is 5.68. The Morgan fingerprint density at radius 2 is 2.29 bits per heavy atom. The molecule has 6 heteroatoms. The van der Waals surface area contributed by atoms with Gasteiger partial charge in [0.2, 0.25) is 0 Å². The van der Waals surface area contributed by atoms with E-state index in [1.807, 2.05) is 6.92 Å². The molecule has 1 atom stereocenters. The SMILES string of the molecule is CC(CN)c1noc(-c2cccc(Cl)c2F)n1. The molecule has 0 aliphatic heterocycles. The second-order valence-electron chi connectivity index (χ2n) is 3.70. The average molecular weight is 256 g/mol. The van der Waals surface area contributed by atoms with E-state index in [2.05, 4.69) is 10.1 Å². The molecular weight excluding hydrogens is 245 g/mol. The van der Waals surface area contributed by atoms with Crippen molar-refractivity contribution < 1.29 is 8.91 Å². The second kappa shape index (κ2) is 4.81. The van der Waals surface area contributed by atoms with Crippen LogP contribution in [-0.2, 0) is 0 Å². The molecule has 90 valence electrons. The average Bonchev–Trinajstić information content (AvgIpc) is 2.81. The Morgan fingerprint density at radius 1 is 1.53 bits per heavy atom. The van der Waals surface area contributed by atoms with Crippen molar-refractivity contribution in [3.05, 3.63) is 34.9 Å². The van der Waals surface area contributed by atoms with Gasteiger partial charge in [-0.25, -0.2) is 4.39 Å². The van der Waals surface area contributed by atoms with Gasteiger partial charge in [0.1, 0.15) is 0 Å². The first-order valence-electron chi connectivity index (χ1n) is 5.11. The van der Waals surface area contributed by atoms with Crippen LogP contribution >= 0.6 is 11.6 Å². The van der Waals surface area contributed by atoms with Gasteiger partial charge in [-0.1, -0.05) is 29.7 Å². The van der Waals surface area contributed by atoms with Gasteiger partial charge >= 0.3 is 0 Å². The van der Waals surface area contributed by atoms with E-state index in [4.69, 9.17) is 21.9 Å². The fourth-order valence-corrected chi connectivity index (χ4v) is 1.49. The maximum atomic E-state index is 13.7. The first-order chi connectivity index (χ1) is 8.13. The Balaban J connectivity index is 2.40. The van der Waals surface area contributed by atoms with E-state index in [0.717, 1.165) is 0 Å². The van der Waals surface area contributed by atoms with Crippen LogP contribution in [0.5, 0.6) is 0 Å². The van der Waals surface area contributed by atoms with Gasteiger partial charge in [0.25, 0.3) is 5.89 Å². The van der Waals surface area contributed by atoms with Crippen molar-refractivity contribution >= 4 is 11.6 Å². The lowest BCUT2D eigenvalue weighted by Crippen LogP contribution is -2.10. The number of hydrogen-bond acceptors (Lipinski definition) is 4. The minimum Gasteiger partial charge on any atom is -0.334 e. The van der Waals surface area contributed by atoms with Crippen molar-refractivity contribution in [3.63, 3.8) is 0 Å². The van der Waals surface area contributed by atoms with Gasteiger partial charge in [0.15, 0.2) is 11.6 Å². The summed E-state index contributed by atoms with van der Waals surface area (Å²) in [6.07, 6.45) is 0. The van der Waals surface area contributed by atoms with Crippen LogP contribution in [0.3, 0.4) is 0 Å². The summed E-state index contributed by atoms with van der Waals surface area (Å²) in [6, 6.07) is 4.61. The van der Waals surface area contributed by atoms with E-state index >= 15 is 0 Å². The van der Waals surface area contributed by atoms with Crippen molar-refractivity contribution in [2.45, 2.75) is 12.8 Å². The van der Waals surface area contributed by atoms with Gasteiger partial charge in [-0.2, -0.15) is 4.98 Å². The highest BCUT2D eigenvalue weighted by molar-refractivity contribution is 6.31. The molecule has 0 bridgehead atoms. The van der Waals surface area contributed by atoms with Crippen LogP contribution in [0.25, 0.3) is 11.5 Å². The third-order valence-corrected chi connectivity index (χ3v) is 2.71. The first-order valence-corrected chi connectivity index (χ1v) is 5.49. The van der Waals surface area contributed by atoms with E-state index in [0.29, 0.717) is 12.4 Å². The van der Waals surface area contributed by atoms with Gasteiger partial charge < -0.3 is 10.3 Å². The molecule has 0 radical (unpaired) electrons. The molecule has 0 spiro atoms. The van der Waals surface area contributed by atoms with Crippen molar-refractivity contribution in [2.24, 2.45) is 5.73 Å². The van der Waals surface area contributed by atoms with Crippen molar-refractivity contribution in [3.8, 4) is 11.5 Å². The Kier molecular flexibility index (Phi) is 3.40. The Bertz CT molecular complexity index is 529. The van der Waals surface area contributed by atoms with Crippen LogP contribution in [-0.4, -0.2) is 16.7 Å². The number of halogens is 2. The summed E-state index contributed by atoms with van der Waals surface area (Å²) in [6.45, 7) is 2.26. The summed E-state index contributed by atoms with van der Waals surface area (Å²) in [5, 5.41) is 3.78. The monoisotopic (exact) mass is 255 g/mol. The van der Waals surface area contributed by atoms with Gasteiger partial charge in [0.05, 0.1) is 10.6 Å². The molecule has 0 aliphatic carbocycles. The van der Waals surface area contributed by atoms with Crippen molar-refractivity contribution in [1.82, 2.24) is 10.1 Å². The zero-order valence-corrected chi connectivity index (χ0v) is 9.91. The summed E-state index contributed by atoms with van der Waals surface area (Å²) in [4.78, 5) is 4.10. The maximum Gasteiger partial charge on any atom is 0.260 e. The van der Waals surface area contributed by atoms with Gasteiger partial charge in [-0.05, 0) is 12.1 Å². The number of aromatic nitrogens is 2. The molecule has 0 fully saturated rings. The summed E-state index contributed by atoms with van der Waals surface area (Å²) in [7, 11) is 0. The lowest BCUT2D eigenvalue weighted by Gasteiger charge is -2.00. The maximum absolute atomic E-state index is 13.7. The van der Waals surface area contributed by atoms with Crippen LogP contribution in [0.1, 0.15) is 18.7 Å². The number of nitrogens with zero attached hydrogens (tertiary/aromatic N) is 2. The topological polar surface area (TPSA) is 64.9 Å². The number of benzene rings is 1. The molecule has 17 heavy (non-hydrogen) atoms. The Labute approximate surface area is 103 Å². The molecule has 2 rings (SSSR count). The quantitative estimate of drug-likeness (QED) is 0.916. The van der Waals surface area contributed by atoms with Gasteiger partial charge in [0, 0.05) is 12.5 Å². The van der Waals surface area contributed by atoms with Gasteiger partial charge in [-0.15, -0.1) is 0 Å². The van der Waals surface area contributed by atoms with Crippen molar-refractivity contribution in [1.29, 1.82) is 0 Å². The van der Waals surface area contributed by atoms with Gasteiger partial charge in [-0.3, -0.25) is 0 Å². The number of rotatable bonds is 3. The molecular formula is C11H11ClFN3O. The molecule has 1 aromatic carbocycles. The number of nitrogens with two attached hydrogens (primary N) is 1. The van der Waals surface area contributed by atoms with E-state index in [9.17, 15) is 4.39 Å². The molecule has 0 saturated carbocycles. The van der Waals surface area contributed by atoms with Crippen LogP contribution in [0.4, 0.5) is 4.39 Å². The molecule has 1 aromatic heterocycles. The fraction of sp³-hybridized carbons (Fsp3) is 0.273. The zero-order chi connectivity index (χ0) is 12.4. The normalized spacial score (nSPS) is 12.7. The van der Waals surface area contributed by atoms with Crippen LogP contribution in [0, 0.1) is 5.82 Å². The Hall–Kier alpha value is -1.46. The van der Waals surface area contributed by atoms with E-state index in [1.54, 1.807) is 6.07 Å². The summed E-state index contributed by atoms with van der Waals surface area (Å²) in [5.74, 6) is -0.0262. The van der Waals surface area contributed by atoms with E-state index in [-0.39, 0.29) is 22.4 Å². The highest BCUT2D eigenvalue weighted by Gasteiger charge is 2.17. The minimum atomic E-state index is -0.565. The third kappa shape index (κ3) is 2.30. The molecule has 1 unspecified atom stereocenters. The predicted molar refractivity (Wildman–Crippen MR) is 62.2 cm³/mol. The van der Waals surface area contributed by atoms with Crippen LogP contribution in [0.15, 0.2) is 22.7 Å². The highest BCUT2D eigenvalue weighted by atomic mass is 35.5. The van der Waals surface area contributed by atoms with E-state index in [1.165, 1.54) is 12.1 Å². The van der Waals surface area contributed by atoms with Crippen molar-refractivity contribution in [2.75, 3.05) is 6.54 Å². The molecule has 0 amide bonds. The molecule has 0 saturated heterocycles. The zero-order valence-electron chi connectivity index (χ0n) is 9.15. The highest BCUT2D eigenvalue weighted by Crippen LogP contribution is 2.27. The van der Waals surface area contributed by atoms with Crippen LogP contribution in [0.2, 0.25) is 5.02 Å². The van der Waals surface area contributed by atoms with Crippen LogP contribution < -0.4 is 5.73 Å². The Morgan fingerprint density at radius 3 is 3.00 bits per heavy atom. The fourth-order valence-electron chi connectivity index (χ4n) is 1.32. The predicted octanol–water partition coefficient (Wildman–Crippen LogP) is 2.59. The molecule has 2 aromatic rings. The second-order valence-corrected chi connectivity index (χ2v) is 4.10. The standard InChI is InChI=1S/C11H11ClFN3O/c1-6(5-14)10-15-11(17-16-10)7-3-2-4-8(12)9(7)13/h2-4,6H,5,14H2,1H3. The lowest BCUT2D eigenvalue weighted by atomic mass is 10.2. The summed E-state index contributed by atoms with van der Waals surface area (Å²) < 4.78 is 18.7. The molecule has 4 nitrogen and oxygen atoms in total. The first kappa shape index (κ1) is 12.0. The minimum absolute atomic E-state index is 0.0223. The van der Waals surface area contributed by atoms with E-state index < -0.39 is 5.82 Å². The number of hydrogen-bond donors (Lipinski definition) is 1. The summed E-state index contributed by atoms with van der Waals surface area (Å²) in [5.41, 5.74) is 5.68. The smallest absolute Gasteiger partial charge is 0.260 e. The largest absolute Gasteiger partial charge is 0.334 e.